The van der Waals surface area contributed by atoms with Crippen LogP contribution >= 0.6 is 0 Å². The minimum Gasteiger partial charge on any atom is -0.370 e. The van der Waals surface area contributed by atoms with Crippen LogP contribution in [0.1, 0.15) is 101 Å². The Morgan fingerprint density at radius 2 is 1.55 bits per heavy atom. The van der Waals surface area contributed by atoms with Gasteiger partial charge in [0.1, 0.15) is 29.7 Å². The molecule has 2 heterocycles. The number of H-pyrrole nitrogens is 1. The standard InChI is InChI=1S/C54H71N11O9/c1-3-4-19-42(62-33(2)66)51(72)63-43-20-21-49(70)59-24-22-38(47(68)29-39(50(55)71)26-36-16-10-15-35-14-8-9-18-41(35)36)27-46(67)37(17-11-23-60-54(56)57)28-48(69)44(25-34-12-6-5-7-13-34)64-53(74)45(65-52(43)73)30-40-31-58-32-61-40/h5-10,12-16,18,31-32,37-39,42-45H,3-4,11,17,19-30H2,1-2H3,(H2,55,71)(H,58,61)(H,59,70)(H,62,66)(H,63,72)(H,64,74)(H,65,73)(H4,56,57,60)/t37-,38-,39+,42+,43+,44-,45+/m1/s1. The molecule has 5 rings (SSSR count). The molecule has 396 valence electrons. The third-order valence-corrected chi connectivity index (χ3v) is 13.3. The summed E-state index contributed by atoms with van der Waals surface area (Å²) in [4.78, 5) is 137. The number of hydrogen-bond acceptors (Lipinski definition) is 11. The number of ketones is 3. The number of aromatic amines is 1. The van der Waals surface area contributed by atoms with Crippen molar-refractivity contribution in [3.05, 3.63) is 102 Å². The zero-order valence-electron chi connectivity index (χ0n) is 42.2. The van der Waals surface area contributed by atoms with Crippen LogP contribution in [0.3, 0.4) is 0 Å². The number of hydrogen-bond donors (Lipinski definition) is 9. The third kappa shape index (κ3) is 18.4. The Morgan fingerprint density at radius 1 is 0.824 bits per heavy atom. The summed E-state index contributed by atoms with van der Waals surface area (Å²) in [5.74, 6) is -8.50. The van der Waals surface area contributed by atoms with Crippen LogP contribution in [-0.2, 0) is 62.4 Å². The van der Waals surface area contributed by atoms with Gasteiger partial charge in [0, 0.05) is 81.8 Å². The number of amides is 6. The SMILES string of the molecule is CCCC[C@H](NC(C)=O)C(=O)N[C@H]1CCC(=O)NCC[C@@H](C(=O)C[C@H](Cc2cccc3ccccc23)C(N)=O)CC(=O)[C@H](CCCN=C(N)N)CC(=O)[C@@H](Cc2ccccc2)NC(=O)[C@H](Cc2cnc[nH]2)NC1=O. The number of imidazole rings is 1. The highest BCUT2D eigenvalue weighted by molar-refractivity contribution is 5.98. The average Bonchev–Trinajstić information content (AvgIpc) is 3.89. The first kappa shape index (κ1) is 57.1. The number of carbonyl (C=O) groups is 9. The van der Waals surface area contributed by atoms with E-state index < -0.39 is 94.7 Å². The maximum Gasteiger partial charge on any atom is 0.243 e. The lowest BCUT2D eigenvalue weighted by Gasteiger charge is -2.27. The summed E-state index contributed by atoms with van der Waals surface area (Å²) in [6, 6.07) is 17.2. The van der Waals surface area contributed by atoms with Gasteiger partial charge < -0.3 is 48.8 Å². The number of nitrogens with two attached hydrogens (primary N) is 3. The van der Waals surface area contributed by atoms with E-state index in [0.29, 0.717) is 24.1 Å². The number of benzene rings is 3. The van der Waals surface area contributed by atoms with Gasteiger partial charge in [0.15, 0.2) is 11.7 Å². The molecule has 0 bridgehead atoms. The number of nitrogens with zero attached hydrogens (tertiary/aromatic N) is 2. The summed E-state index contributed by atoms with van der Waals surface area (Å²) in [7, 11) is 0. The Hall–Kier alpha value is -7.77. The predicted octanol–water partition coefficient (Wildman–Crippen LogP) is 2.31. The van der Waals surface area contributed by atoms with Crippen LogP contribution in [-0.4, -0.2) is 106 Å². The van der Waals surface area contributed by atoms with Crippen LogP contribution in [0.25, 0.3) is 10.8 Å². The molecule has 3 aromatic carbocycles. The monoisotopic (exact) mass is 1020 g/mol. The molecule has 12 N–H and O–H groups in total. The van der Waals surface area contributed by atoms with Crippen LogP contribution < -0.4 is 43.8 Å². The summed E-state index contributed by atoms with van der Waals surface area (Å²) in [6.07, 6.45) is 3.22. The molecule has 20 heteroatoms. The van der Waals surface area contributed by atoms with Crippen molar-refractivity contribution in [1.82, 2.24) is 36.6 Å². The zero-order chi connectivity index (χ0) is 53.6. The molecule has 4 aromatic rings. The van der Waals surface area contributed by atoms with Crippen molar-refractivity contribution in [2.75, 3.05) is 13.1 Å². The lowest BCUT2D eigenvalue weighted by molar-refractivity contribution is -0.135. The number of rotatable bonds is 20. The Bertz CT molecular complexity index is 2600. The second-order valence-electron chi connectivity index (χ2n) is 19.0. The molecular weight excluding hydrogens is 947 g/mol. The fourth-order valence-electron chi connectivity index (χ4n) is 9.19. The predicted molar refractivity (Wildman–Crippen MR) is 278 cm³/mol. The smallest absolute Gasteiger partial charge is 0.243 e. The summed E-state index contributed by atoms with van der Waals surface area (Å²) in [5.41, 5.74) is 19.1. The van der Waals surface area contributed by atoms with Crippen LogP contribution in [0.2, 0.25) is 0 Å². The van der Waals surface area contributed by atoms with Crippen LogP contribution in [0.4, 0.5) is 0 Å². The third-order valence-electron chi connectivity index (χ3n) is 13.3. The normalized spacial score (nSPS) is 20.3. The van der Waals surface area contributed by atoms with Crippen LogP contribution in [0.5, 0.6) is 0 Å². The summed E-state index contributed by atoms with van der Waals surface area (Å²) < 4.78 is 0. The topological polar surface area (TPSA) is 333 Å². The van der Waals surface area contributed by atoms with E-state index in [1.807, 2.05) is 49.4 Å². The Balaban J connectivity index is 1.52. The Morgan fingerprint density at radius 3 is 2.26 bits per heavy atom. The minimum atomic E-state index is -1.40. The van der Waals surface area contributed by atoms with Gasteiger partial charge in [0.2, 0.25) is 35.4 Å². The van der Waals surface area contributed by atoms with Crippen molar-refractivity contribution in [3.8, 4) is 0 Å². The summed E-state index contributed by atoms with van der Waals surface area (Å²) in [5, 5.41) is 15.5. The molecule has 0 aliphatic carbocycles. The van der Waals surface area contributed by atoms with Crippen molar-refractivity contribution >= 4 is 69.5 Å². The second kappa shape index (κ2) is 29.1. The van der Waals surface area contributed by atoms with E-state index in [1.54, 1.807) is 30.3 Å². The number of aliphatic imine (C=N–C) groups is 1. The van der Waals surface area contributed by atoms with Gasteiger partial charge >= 0.3 is 0 Å². The van der Waals surface area contributed by atoms with E-state index in [-0.39, 0.29) is 96.1 Å². The van der Waals surface area contributed by atoms with Gasteiger partial charge in [-0.25, -0.2) is 4.98 Å². The lowest BCUT2D eigenvalue weighted by Crippen LogP contribution is -2.58. The number of Topliss-reactive ketones (excluding diaryl/α,β-unsaturated/α-hetero) is 3. The van der Waals surface area contributed by atoms with E-state index in [0.717, 1.165) is 16.3 Å². The zero-order valence-corrected chi connectivity index (χ0v) is 42.2. The lowest BCUT2D eigenvalue weighted by atomic mass is 9.81. The fraction of sp³-hybridized carbons (Fsp3) is 0.463. The van der Waals surface area contributed by atoms with Crippen LogP contribution in [0.15, 0.2) is 90.3 Å². The average molecular weight is 1020 g/mol. The van der Waals surface area contributed by atoms with E-state index in [2.05, 4.69) is 41.5 Å². The van der Waals surface area contributed by atoms with Gasteiger partial charge in [-0.3, -0.25) is 48.1 Å². The largest absolute Gasteiger partial charge is 0.370 e. The van der Waals surface area contributed by atoms with Gasteiger partial charge in [-0.15, -0.1) is 0 Å². The van der Waals surface area contributed by atoms with Crippen molar-refractivity contribution in [2.24, 2.45) is 39.9 Å². The van der Waals surface area contributed by atoms with Crippen LogP contribution in [0, 0.1) is 17.8 Å². The van der Waals surface area contributed by atoms with E-state index in [9.17, 15) is 43.2 Å². The van der Waals surface area contributed by atoms with E-state index >= 15 is 0 Å². The van der Waals surface area contributed by atoms with Crippen molar-refractivity contribution in [2.45, 2.75) is 128 Å². The van der Waals surface area contributed by atoms with E-state index in [4.69, 9.17) is 17.2 Å². The molecule has 20 nitrogen and oxygen atoms in total. The molecule has 7 atom stereocenters. The number of guanidine groups is 1. The van der Waals surface area contributed by atoms with Gasteiger partial charge in [-0.1, -0.05) is 92.6 Å². The van der Waals surface area contributed by atoms with Crippen molar-refractivity contribution in [1.29, 1.82) is 0 Å². The summed E-state index contributed by atoms with van der Waals surface area (Å²) in [6.45, 7) is 3.22. The summed E-state index contributed by atoms with van der Waals surface area (Å²) >= 11 is 0. The fourth-order valence-corrected chi connectivity index (χ4v) is 9.19. The molecule has 1 aromatic heterocycles. The Kier molecular flexibility index (Phi) is 22.4. The molecule has 0 radical (unpaired) electrons. The second-order valence-corrected chi connectivity index (χ2v) is 19.0. The highest BCUT2D eigenvalue weighted by atomic mass is 16.2. The maximum atomic E-state index is 14.7. The molecule has 0 saturated carbocycles. The van der Waals surface area contributed by atoms with E-state index in [1.165, 1.54) is 19.4 Å². The number of primary amides is 1. The van der Waals surface area contributed by atoms with Gasteiger partial charge in [-0.2, -0.15) is 0 Å². The molecule has 1 fully saturated rings. The van der Waals surface area contributed by atoms with Gasteiger partial charge in [0.05, 0.1) is 12.4 Å². The molecule has 74 heavy (non-hydrogen) atoms. The molecule has 1 aliphatic heterocycles. The minimum absolute atomic E-state index is 0.00608. The number of unbranched alkanes of at least 4 members (excludes halogenated alkanes) is 1. The molecule has 1 aliphatic rings. The Labute approximate surface area is 431 Å². The quantitative estimate of drug-likeness (QED) is 0.0350. The molecule has 0 unspecified atom stereocenters. The molecule has 1 saturated heterocycles. The number of aromatic nitrogens is 2. The van der Waals surface area contributed by atoms with Gasteiger partial charge in [0.25, 0.3) is 0 Å². The molecule has 0 spiro atoms. The molecular formula is C54H71N11O9. The first-order chi connectivity index (χ1) is 35.5. The highest BCUT2D eigenvalue weighted by Gasteiger charge is 2.35. The first-order valence-electron chi connectivity index (χ1n) is 25.4. The maximum absolute atomic E-state index is 14.7. The highest BCUT2D eigenvalue weighted by Crippen LogP contribution is 2.27. The number of nitrogens with one attached hydrogen (secondary N) is 6. The van der Waals surface area contributed by atoms with Crippen molar-refractivity contribution < 1.29 is 43.2 Å². The van der Waals surface area contributed by atoms with Gasteiger partial charge in [-0.05, 0) is 66.8 Å². The number of fused-ring (bicyclic) bond motifs is 1. The van der Waals surface area contributed by atoms with Crippen molar-refractivity contribution in [3.63, 3.8) is 0 Å². The number of carbonyl (C=O) groups excluding carboxylic acids is 9. The first-order valence-corrected chi connectivity index (χ1v) is 25.4. The molecule has 6 amide bonds.